The van der Waals surface area contributed by atoms with Gasteiger partial charge in [0.15, 0.2) is 0 Å². The average molecular weight is 352 g/mol. The van der Waals surface area contributed by atoms with Crippen LogP contribution in [0.1, 0.15) is 34.3 Å². The van der Waals surface area contributed by atoms with E-state index in [0.717, 1.165) is 24.8 Å². The predicted octanol–water partition coefficient (Wildman–Crippen LogP) is 2.42. The second-order valence-corrected chi connectivity index (χ2v) is 7.19. The van der Waals surface area contributed by atoms with Gasteiger partial charge in [0.05, 0.1) is 19.3 Å². The summed E-state index contributed by atoms with van der Waals surface area (Å²) in [6, 6.07) is 14.1. The van der Waals surface area contributed by atoms with E-state index in [1.54, 1.807) is 13.2 Å². The van der Waals surface area contributed by atoms with Crippen LogP contribution < -0.4 is 20.5 Å². The van der Waals surface area contributed by atoms with Gasteiger partial charge in [-0.25, -0.2) is 0 Å². The normalized spacial score (nSPS) is 23.5. The molecule has 1 aliphatic carbocycles. The smallest absolute Gasteiger partial charge is 0.255 e. The van der Waals surface area contributed by atoms with Crippen molar-refractivity contribution in [2.24, 2.45) is 5.73 Å². The molecule has 1 fully saturated rings. The number of fused-ring (bicyclic) bond motifs is 1. The highest BCUT2D eigenvalue weighted by molar-refractivity contribution is 5.98. The zero-order valence-corrected chi connectivity index (χ0v) is 15.0. The summed E-state index contributed by atoms with van der Waals surface area (Å²) >= 11 is 0. The Labute approximate surface area is 153 Å². The van der Waals surface area contributed by atoms with Gasteiger partial charge in [-0.2, -0.15) is 0 Å². The minimum atomic E-state index is -0.106. The number of hydrogen-bond acceptors (Lipinski definition) is 4. The Morgan fingerprint density at radius 2 is 2.08 bits per heavy atom. The summed E-state index contributed by atoms with van der Waals surface area (Å²) in [5.74, 6) is 1.27. The topological polar surface area (TPSA) is 73.6 Å². The maximum Gasteiger partial charge on any atom is 0.255 e. The molecule has 136 valence electrons. The van der Waals surface area contributed by atoms with Crippen molar-refractivity contribution in [3.05, 3.63) is 59.2 Å². The number of benzene rings is 2. The molecule has 0 saturated heterocycles. The quantitative estimate of drug-likeness (QED) is 0.867. The Morgan fingerprint density at radius 3 is 2.77 bits per heavy atom. The summed E-state index contributed by atoms with van der Waals surface area (Å²) in [6.07, 6.45) is 2.51. The molecule has 0 radical (unpaired) electrons. The van der Waals surface area contributed by atoms with Crippen LogP contribution in [0.2, 0.25) is 0 Å². The van der Waals surface area contributed by atoms with E-state index in [9.17, 15) is 4.79 Å². The molecule has 0 spiro atoms. The van der Waals surface area contributed by atoms with Gasteiger partial charge in [-0.1, -0.05) is 30.3 Å². The number of hydrogen-bond donors (Lipinski definition) is 2. The summed E-state index contributed by atoms with van der Waals surface area (Å²) < 4.78 is 11.0. The van der Waals surface area contributed by atoms with Gasteiger partial charge in [-0.05, 0) is 30.5 Å². The van der Waals surface area contributed by atoms with Crippen molar-refractivity contribution in [1.82, 2.24) is 5.32 Å². The molecule has 0 aromatic heterocycles. The van der Waals surface area contributed by atoms with Crippen LogP contribution in [0, 0.1) is 0 Å². The van der Waals surface area contributed by atoms with Crippen molar-refractivity contribution in [3.8, 4) is 11.5 Å². The number of nitrogens with one attached hydrogen (secondary N) is 1. The molecule has 1 heterocycles. The van der Waals surface area contributed by atoms with Crippen LogP contribution in [0.4, 0.5) is 0 Å². The molecule has 0 atom stereocenters. The van der Waals surface area contributed by atoms with Crippen LogP contribution in [-0.2, 0) is 11.8 Å². The van der Waals surface area contributed by atoms with Gasteiger partial charge < -0.3 is 20.5 Å². The number of amides is 1. The van der Waals surface area contributed by atoms with Crippen molar-refractivity contribution >= 4 is 5.91 Å². The zero-order chi connectivity index (χ0) is 18.1. The molecule has 0 bridgehead atoms. The first-order valence-corrected chi connectivity index (χ1v) is 9.05. The van der Waals surface area contributed by atoms with E-state index in [-0.39, 0.29) is 17.4 Å². The average Bonchev–Trinajstić information content (AvgIpc) is 3.12. The molecular formula is C21H24N2O3. The minimum Gasteiger partial charge on any atom is -0.497 e. The molecule has 1 saturated carbocycles. The lowest BCUT2D eigenvalue weighted by atomic mass is 9.61. The van der Waals surface area contributed by atoms with Gasteiger partial charge in [0.1, 0.15) is 11.5 Å². The monoisotopic (exact) mass is 352 g/mol. The zero-order valence-electron chi connectivity index (χ0n) is 15.0. The molecule has 1 amide bonds. The van der Waals surface area contributed by atoms with Crippen LogP contribution in [0.5, 0.6) is 11.5 Å². The fourth-order valence-electron chi connectivity index (χ4n) is 4.13. The summed E-state index contributed by atoms with van der Waals surface area (Å²) in [5, 5.41) is 3.14. The van der Waals surface area contributed by atoms with Crippen LogP contribution in [0.15, 0.2) is 42.5 Å². The fraction of sp³-hybridized carbons (Fsp3) is 0.381. The van der Waals surface area contributed by atoms with Gasteiger partial charge in [0, 0.05) is 30.0 Å². The molecule has 1 aliphatic heterocycles. The van der Waals surface area contributed by atoms with Crippen molar-refractivity contribution in [3.63, 3.8) is 0 Å². The van der Waals surface area contributed by atoms with E-state index < -0.39 is 0 Å². The third kappa shape index (κ3) is 2.82. The number of carbonyl (C=O) groups is 1. The molecule has 3 N–H and O–H groups in total. The standard InChI is InChI=1S/C21H24N2O3/c1-25-17-9-14-7-8-26-19(14)18(10-17)20(24)23-16-11-21(12-16,13-22)15-5-3-2-4-6-15/h2-6,9-10,16H,7-8,11-13,22H2,1H3,(H,23,24). The predicted molar refractivity (Wildman–Crippen MR) is 99.9 cm³/mol. The van der Waals surface area contributed by atoms with Gasteiger partial charge in [0.2, 0.25) is 0 Å². The molecular weight excluding hydrogens is 328 g/mol. The molecule has 4 rings (SSSR count). The Morgan fingerprint density at radius 1 is 1.31 bits per heavy atom. The summed E-state index contributed by atoms with van der Waals surface area (Å²) in [6.45, 7) is 1.19. The van der Waals surface area contributed by atoms with Gasteiger partial charge in [0.25, 0.3) is 5.91 Å². The van der Waals surface area contributed by atoms with E-state index in [0.29, 0.717) is 30.2 Å². The number of ether oxygens (including phenoxy) is 2. The number of rotatable bonds is 5. The van der Waals surface area contributed by atoms with Crippen molar-refractivity contribution in [2.45, 2.75) is 30.7 Å². The van der Waals surface area contributed by atoms with Crippen LogP contribution in [0.25, 0.3) is 0 Å². The summed E-state index contributed by atoms with van der Waals surface area (Å²) in [7, 11) is 1.61. The first kappa shape index (κ1) is 16.9. The van der Waals surface area contributed by atoms with Crippen LogP contribution in [-0.4, -0.2) is 32.2 Å². The molecule has 0 unspecified atom stereocenters. The van der Waals surface area contributed by atoms with Crippen LogP contribution in [0.3, 0.4) is 0 Å². The van der Waals surface area contributed by atoms with E-state index in [1.807, 2.05) is 24.3 Å². The van der Waals surface area contributed by atoms with Gasteiger partial charge in [-0.15, -0.1) is 0 Å². The maximum absolute atomic E-state index is 12.8. The van der Waals surface area contributed by atoms with E-state index in [4.69, 9.17) is 15.2 Å². The Kier molecular flexibility index (Phi) is 4.32. The first-order chi connectivity index (χ1) is 12.6. The maximum atomic E-state index is 12.8. The molecule has 5 heteroatoms. The number of carbonyl (C=O) groups excluding carboxylic acids is 1. The van der Waals surface area contributed by atoms with Crippen molar-refractivity contribution in [2.75, 3.05) is 20.3 Å². The van der Waals surface area contributed by atoms with Gasteiger partial charge >= 0.3 is 0 Å². The SMILES string of the molecule is COc1cc2c(c(C(=O)NC3CC(CN)(c4ccccc4)C3)c1)OCC2. The lowest BCUT2D eigenvalue weighted by molar-refractivity contribution is 0.0863. The molecule has 2 aromatic rings. The van der Waals surface area contributed by atoms with E-state index in [1.165, 1.54) is 5.56 Å². The van der Waals surface area contributed by atoms with E-state index >= 15 is 0 Å². The molecule has 2 aliphatic rings. The highest BCUT2D eigenvalue weighted by atomic mass is 16.5. The van der Waals surface area contributed by atoms with Crippen LogP contribution >= 0.6 is 0 Å². The summed E-state index contributed by atoms with van der Waals surface area (Å²) in [4.78, 5) is 12.8. The van der Waals surface area contributed by atoms with Gasteiger partial charge in [-0.3, -0.25) is 4.79 Å². The second-order valence-electron chi connectivity index (χ2n) is 7.19. The Bertz CT molecular complexity index is 814. The van der Waals surface area contributed by atoms with Crippen molar-refractivity contribution in [1.29, 1.82) is 0 Å². The highest BCUT2D eigenvalue weighted by Crippen LogP contribution is 2.43. The minimum absolute atomic E-state index is 0.0357. The third-order valence-corrected chi connectivity index (χ3v) is 5.62. The van der Waals surface area contributed by atoms with Crippen molar-refractivity contribution < 1.29 is 14.3 Å². The molecule has 26 heavy (non-hydrogen) atoms. The third-order valence-electron chi connectivity index (χ3n) is 5.62. The fourth-order valence-corrected chi connectivity index (χ4v) is 4.13. The lowest BCUT2D eigenvalue weighted by Crippen LogP contribution is -2.56. The Balaban J connectivity index is 1.48. The molecule has 2 aromatic carbocycles. The van der Waals surface area contributed by atoms with E-state index in [2.05, 4.69) is 17.4 Å². The largest absolute Gasteiger partial charge is 0.497 e. The number of nitrogens with two attached hydrogens (primary N) is 1. The highest BCUT2D eigenvalue weighted by Gasteiger charge is 2.45. The lowest BCUT2D eigenvalue weighted by Gasteiger charge is -2.48. The number of methoxy groups -OCH3 is 1. The Hall–Kier alpha value is -2.53. The summed E-state index contributed by atoms with van der Waals surface area (Å²) in [5.41, 5.74) is 8.87. The second kappa shape index (κ2) is 6.65. The molecule has 5 nitrogen and oxygen atoms in total. The first-order valence-electron chi connectivity index (χ1n) is 9.05.